The zero-order valence-electron chi connectivity index (χ0n) is 16.8. The maximum Gasteiger partial charge on any atom is 0.573 e. The highest BCUT2D eigenvalue weighted by Crippen LogP contribution is 2.26. The van der Waals surface area contributed by atoms with Crippen molar-refractivity contribution < 1.29 is 22.7 Å². The van der Waals surface area contributed by atoms with E-state index in [4.69, 9.17) is 0 Å². The summed E-state index contributed by atoms with van der Waals surface area (Å²) >= 11 is 0. The van der Waals surface area contributed by atoms with Crippen molar-refractivity contribution in [2.45, 2.75) is 26.3 Å². The van der Waals surface area contributed by atoms with E-state index >= 15 is 0 Å². The van der Waals surface area contributed by atoms with Crippen LogP contribution in [0.25, 0.3) is 0 Å². The molecule has 0 saturated heterocycles. The average molecular weight is 422 g/mol. The molecule has 9 heteroatoms. The predicted octanol–water partition coefficient (Wildman–Crippen LogP) is 3.24. The van der Waals surface area contributed by atoms with Crippen molar-refractivity contribution in [1.29, 1.82) is 0 Å². The molecule has 0 aliphatic carbocycles. The Balaban J connectivity index is 2.00. The Kier molecular flexibility index (Phi) is 8.52. The number of carbonyl (C=O) groups excluding carboxylic acids is 1. The van der Waals surface area contributed by atoms with Gasteiger partial charge in [-0.15, -0.1) is 13.2 Å². The zero-order valence-corrected chi connectivity index (χ0v) is 16.8. The van der Waals surface area contributed by atoms with E-state index in [0.717, 1.165) is 5.56 Å². The number of alkyl halides is 3. The molecule has 30 heavy (non-hydrogen) atoms. The normalized spacial score (nSPS) is 11.7. The number of benzene rings is 2. The quantitative estimate of drug-likeness (QED) is 0.451. The van der Waals surface area contributed by atoms with Gasteiger partial charge in [-0.25, -0.2) is 4.99 Å². The largest absolute Gasteiger partial charge is 0.573 e. The molecule has 0 heterocycles. The van der Waals surface area contributed by atoms with Crippen LogP contribution >= 0.6 is 0 Å². The van der Waals surface area contributed by atoms with Gasteiger partial charge in [-0.05, 0) is 37.1 Å². The highest BCUT2D eigenvalue weighted by molar-refractivity contribution is 5.94. The second kappa shape index (κ2) is 11.1. The van der Waals surface area contributed by atoms with E-state index in [0.29, 0.717) is 36.6 Å². The molecule has 0 bridgehead atoms. The Labute approximate surface area is 173 Å². The van der Waals surface area contributed by atoms with Crippen molar-refractivity contribution in [2.75, 3.05) is 20.1 Å². The van der Waals surface area contributed by atoms with Crippen LogP contribution in [-0.2, 0) is 13.0 Å². The Bertz CT molecular complexity index is 869. The third kappa shape index (κ3) is 7.65. The van der Waals surface area contributed by atoms with Gasteiger partial charge in [0.15, 0.2) is 5.96 Å². The first-order chi connectivity index (χ1) is 14.3. The van der Waals surface area contributed by atoms with Crippen LogP contribution in [-0.4, -0.2) is 38.4 Å². The SMILES string of the molecule is CCNC(=NCc1ccccc1OC(F)(F)F)NCCc1cccc(C(=O)NC)c1. The lowest BCUT2D eigenvalue weighted by atomic mass is 10.1. The van der Waals surface area contributed by atoms with Crippen LogP contribution in [0.3, 0.4) is 0 Å². The molecule has 1 amide bonds. The first-order valence-electron chi connectivity index (χ1n) is 9.49. The standard InChI is InChI=1S/C21H25F3N4O2/c1-3-26-20(27-12-11-15-7-6-9-16(13-15)19(29)25-2)28-14-17-8-4-5-10-18(17)30-21(22,23)24/h4-10,13H,3,11-12,14H2,1-2H3,(H,25,29)(H2,26,27,28). The number of para-hydroxylation sites is 1. The van der Waals surface area contributed by atoms with E-state index in [9.17, 15) is 18.0 Å². The van der Waals surface area contributed by atoms with Gasteiger partial charge in [0.1, 0.15) is 5.75 Å². The summed E-state index contributed by atoms with van der Waals surface area (Å²) in [6, 6.07) is 13.2. The van der Waals surface area contributed by atoms with Crippen molar-refractivity contribution in [1.82, 2.24) is 16.0 Å². The van der Waals surface area contributed by atoms with E-state index in [1.807, 2.05) is 25.1 Å². The van der Waals surface area contributed by atoms with Crippen LogP contribution in [0.1, 0.15) is 28.4 Å². The topological polar surface area (TPSA) is 74.8 Å². The highest BCUT2D eigenvalue weighted by atomic mass is 19.4. The van der Waals surface area contributed by atoms with Gasteiger partial charge in [-0.3, -0.25) is 4.79 Å². The van der Waals surface area contributed by atoms with Crippen LogP contribution in [0.4, 0.5) is 13.2 Å². The maximum absolute atomic E-state index is 12.6. The first kappa shape index (κ1) is 23.1. The van der Waals surface area contributed by atoms with Gasteiger partial charge in [0.05, 0.1) is 6.54 Å². The van der Waals surface area contributed by atoms with Crippen molar-refractivity contribution in [3.8, 4) is 5.75 Å². The molecular formula is C21H25F3N4O2. The van der Waals surface area contributed by atoms with E-state index in [2.05, 4.69) is 25.7 Å². The van der Waals surface area contributed by atoms with Gasteiger partial charge < -0.3 is 20.7 Å². The molecule has 2 rings (SSSR count). The van der Waals surface area contributed by atoms with Crippen LogP contribution in [0.2, 0.25) is 0 Å². The lowest BCUT2D eigenvalue weighted by Crippen LogP contribution is -2.38. The molecule has 0 aliphatic rings. The molecule has 3 N–H and O–H groups in total. The predicted molar refractivity (Wildman–Crippen MR) is 109 cm³/mol. The van der Waals surface area contributed by atoms with Crippen LogP contribution in [0, 0.1) is 0 Å². The molecular weight excluding hydrogens is 397 g/mol. The van der Waals surface area contributed by atoms with E-state index < -0.39 is 6.36 Å². The number of ether oxygens (including phenoxy) is 1. The summed E-state index contributed by atoms with van der Waals surface area (Å²) in [5, 5.41) is 8.79. The molecule has 0 aromatic heterocycles. The fourth-order valence-electron chi connectivity index (χ4n) is 2.70. The fraction of sp³-hybridized carbons (Fsp3) is 0.333. The Morgan fingerprint density at radius 2 is 1.87 bits per heavy atom. The molecule has 2 aromatic rings. The van der Waals surface area contributed by atoms with Gasteiger partial charge >= 0.3 is 6.36 Å². The van der Waals surface area contributed by atoms with E-state index in [-0.39, 0.29) is 18.2 Å². The van der Waals surface area contributed by atoms with Gasteiger partial charge in [0.2, 0.25) is 0 Å². The summed E-state index contributed by atoms with van der Waals surface area (Å²) in [4.78, 5) is 16.1. The minimum absolute atomic E-state index is 0.0216. The van der Waals surface area contributed by atoms with Crippen LogP contribution in [0.5, 0.6) is 5.75 Å². The van der Waals surface area contributed by atoms with Crippen molar-refractivity contribution in [3.05, 3.63) is 65.2 Å². The molecule has 0 saturated carbocycles. The summed E-state index contributed by atoms with van der Waals surface area (Å²) in [6.45, 7) is 3.04. The second-order valence-electron chi connectivity index (χ2n) is 6.31. The number of guanidine groups is 1. The number of nitrogens with zero attached hydrogens (tertiary/aromatic N) is 1. The monoisotopic (exact) mass is 422 g/mol. The molecule has 0 atom stereocenters. The lowest BCUT2D eigenvalue weighted by Gasteiger charge is -2.14. The Morgan fingerprint density at radius 1 is 1.10 bits per heavy atom. The number of amides is 1. The number of carbonyl (C=O) groups is 1. The second-order valence-corrected chi connectivity index (χ2v) is 6.31. The van der Waals surface area contributed by atoms with Crippen molar-refractivity contribution in [3.63, 3.8) is 0 Å². The van der Waals surface area contributed by atoms with E-state index in [1.165, 1.54) is 12.1 Å². The summed E-state index contributed by atoms with van der Waals surface area (Å²) < 4.78 is 41.7. The molecule has 0 unspecified atom stereocenters. The molecule has 0 spiro atoms. The molecule has 0 radical (unpaired) electrons. The molecule has 0 aliphatic heterocycles. The average Bonchev–Trinajstić information content (AvgIpc) is 2.71. The fourth-order valence-corrected chi connectivity index (χ4v) is 2.70. The smallest absolute Gasteiger partial charge is 0.405 e. The van der Waals surface area contributed by atoms with Crippen LogP contribution < -0.4 is 20.7 Å². The van der Waals surface area contributed by atoms with Gasteiger partial charge in [-0.1, -0.05) is 30.3 Å². The Hall–Kier alpha value is -3.23. The summed E-state index contributed by atoms with van der Waals surface area (Å²) in [5.74, 6) is 0.0526. The number of hydrogen-bond acceptors (Lipinski definition) is 3. The summed E-state index contributed by atoms with van der Waals surface area (Å²) in [7, 11) is 1.58. The molecule has 0 fully saturated rings. The number of nitrogens with one attached hydrogen (secondary N) is 3. The molecule has 162 valence electrons. The van der Waals surface area contributed by atoms with Gasteiger partial charge in [0, 0.05) is 31.3 Å². The third-order valence-corrected chi connectivity index (χ3v) is 4.07. The third-order valence-electron chi connectivity index (χ3n) is 4.07. The number of aliphatic imine (C=N–C) groups is 1. The van der Waals surface area contributed by atoms with Gasteiger partial charge in [0.25, 0.3) is 5.91 Å². The Morgan fingerprint density at radius 3 is 2.57 bits per heavy atom. The zero-order chi connectivity index (χ0) is 22.0. The number of hydrogen-bond donors (Lipinski definition) is 3. The minimum Gasteiger partial charge on any atom is -0.405 e. The van der Waals surface area contributed by atoms with E-state index in [1.54, 1.807) is 25.2 Å². The lowest BCUT2D eigenvalue weighted by molar-refractivity contribution is -0.274. The highest BCUT2D eigenvalue weighted by Gasteiger charge is 2.31. The number of halogens is 3. The molecule has 6 nitrogen and oxygen atoms in total. The maximum atomic E-state index is 12.6. The first-order valence-corrected chi connectivity index (χ1v) is 9.49. The molecule has 2 aromatic carbocycles. The van der Waals surface area contributed by atoms with Crippen LogP contribution in [0.15, 0.2) is 53.5 Å². The number of rotatable bonds is 8. The van der Waals surface area contributed by atoms with Gasteiger partial charge in [-0.2, -0.15) is 0 Å². The van der Waals surface area contributed by atoms with Crippen molar-refractivity contribution in [2.24, 2.45) is 4.99 Å². The summed E-state index contributed by atoms with van der Waals surface area (Å²) in [6.07, 6.45) is -4.12. The minimum atomic E-state index is -4.76. The van der Waals surface area contributed by atoms with Crippen molar-refractivity contribution >= 4 is 11.9 Å². The summed E-state index contributed by atoms with van der Waals surface area (Å²) in [5.41, 5.74) is 1.88.